The van der Waals surface area contributed by atoms with Crippen molar-refractivity contribution in [1.29, 1.82) is 0 Å². The van der Waals surface area contributed by atoms with Gasteiger partial charge >= 0.3 is 0 Å². The van der Waals surface area contributed by atoms with Gasteiger partial charge in [0.25, 0.3) is 0 Å². The molecule has 0 fully saturated rings. The lowest BCUT2D eigenvalue weighted by Crippen LogP contribution is -2.27. The first-order valence-electron chi connectivity index (χ1n) is 6.82. The highest BCUT2D eigenvalue weighted by molar-refractivity contribution is 7.89. The van der Waals surface area contributed by atoms with Crippen LogP contribution in [0.25, 0.3) is 5.69 Å². The smallest absolute Gasteiger partial charge is 0.241 e. The third kappa shape index (κ3) is 3.41. The van der Waals surface area contributed by atoms with Gasteiger partial charge in [0.05, 0.1) is 10.6 Å². The minimum absolute atomic E-state index is 0.145. The molecule has 0 aliphatic carbocycles. The number of hydrogen-bond acceptors (Lipinski definition) is 6. The lowest BCUT2D eigenvalue weighted by molar-refractivity contribution is 0.566. The van der Waals surface area contributed by atoms with Crippen LogP contribution in [-0.4, -0.2) is 33.6 Å². The average molecular weight is 330 g/mol. The number of nitrogens with one attached hydrogen (secondary N) is 1. The van der Waals surface area contributed by atoms with E-state index in [1.165, 1.54) is 23.1 Å². The van der Waals surface area contributed by atoms with Crippen LogP contribution in [0.1, 0.15) is 18.5 Å². The minimum Gasteiger partial charge on any atom is -0.265 e. The fourth-order valence-electron chi connectivity index (χ4n) is 2.09. The van der Waals surface area contributed by atoms with Gasteiger partial charge in [0, 0.05) is 18.4 Å². The van der Waals surface area contributed by atoms with E-state index in [4.69, 9.17) is 0 Å². The van der Waals surface area contributed by atoms with E-state index < -0.39 is 10.0 Å². The standard InChI is InChI=1S/C14H14N6O2S/c1-11(12-5-7-15-8-6-12)17-23(21,22)14-4-2-3-13(9-14)20-10-16-18-19-20/h2-11,17H,1H3/t11-/m1/s1. The molecular formula is C14H14N6O2S. The molecule has 1 N–H and O–H groups in total. The second-order valence-corrected chi connectivity index (χ2v) is 6.59. The maximum atomic E-state index is 12.6. The maximum absolute atomic E-state index is 12.6. The van der Waals surface area contributed by atoms with Crippen LogP contribution in [0.2, 0.25) is 0 Å². The molecule has 0 unspecified atom stereocenters. The molecule has 2 heterocycles. The summed E-state index contributed by atoms with van der Waals surface area (Å²) >= 11 is 0. The van der Waals surface area contributed by atoms with Crippen molar-refractivity contribution in [2.24, 2.45) is 0 Å². The summed E-state index contributed by atoms with van der Waals surface area (Å²) in [5.41, 5.74) is 1.40. The van der Waals surface area contributed by atoms with E-state index in [0.29, 0.717) is 5.69 Å². The zero-order chi connectivity index (χ0) is 16.3. The molecule has 8 nitrogen and oxygen atoms in total. The zero-order valence-corrected chi connectivity index (χ0v) is 13.1. The number of benzene rings is 1. The van der Waals surface area contributed by atoms with Gasteiger partial charge in [-0.25, -0.2) is 17.8 Å². The second-order valence-electron chi connectivity index (χ2n) is 4.88. The Hall–Kier alpha value is -2.65. The van der Waals surface area contributed by atoms with Gasteiger partial charge < -0.3 is 0 Å². The first-order valence-corrected chi connectivity index (χ1v) is 8.30. The molecule has 1 aromatic carbocycles. The van der Waals surface area contributed by atoms with E-state index in [2.05, 4.69) is 25.2 Å². The van der Waals surface area contributed by atoms with Crippen LogP contribution < -0.4 is 4.72 Å². The largest absolute Gasteiger partial charge is 0.265 e. The van der Waals surface area contributed by atoms with Gasteiger partial charge in [-0.3, -0.25) is 4.98 Å². The summed E-state index contributed by atoms with van der Waals surface area (Å²) < 4.78 is 29.1. The van der Waals surface area contributed by atoms with Gasteiger partial charge in [0.15, 0.2) is 0 Å². The van der Waals surface area contributed by atoms with Gasteiger partial charge in [-0.05, 0) is 53.2 Å². The third-order valence-corrected chi connectivity index (χ3v) is 4.82. The first-order chi connectivity index (χ1) is 11.1. The van der Waals surface area contributed by atoms with Crippen LogP contribution in [0.3, 0.4) is 0 Å². The highest BCUT2D eigenvalue weighted by Crippen LogP contribution is 2.18. The summed E-state index contributed by atoms with van der Waals surface area (Å²) in [5, 5.41) is 10.8. The van der Waals surface area contributed by atoms with Gasteiger partial charge in [0.2, 0.25) is 10.0 Å². The van der Waals surface area contributed by atoms with Crippen molar-refractivity contribution >= 4 is 10.0 Å². The monoisotopic (exact) mass is 330 g/mol. The van der Waals surface area contributed by atoms with Crippen molar-refractivity contribution in [2.75, 3.05) is 0 Å². The van der Waals surface area contributed by atoms with Crippen molar-refractivity contribution in [1.82, 2.24) is 29.9 Å². The predicted octanol–water partition coefficient (Wildman–Crippen LogP) is 1.10. The minimum atomic E-state index is -3.67. The van der Waals surface area contributed by atoms with Crippen molar-refractivity contribution in [2.45, 2.75) is 17.9 Å². The van der Waals surface area contributed by atoms with Crippen LogP contribution in [0.4, 0.5) is 0 Å². The van der Waals surface area contributed by atoms with Crippen molar-refractivity contribution in [3.63, 3.8) is 0 Å². The van der Waals surface area contributed by atoms with Gasteiger partial charge in [-0.1, -0.05) is 6.07 Å². The van der Waals surface area contributed by atoms with E-state index in [0.717, 1.165) is 5.56 Å². The molecule has 3 aromatic rings. The van der Waals surface area contributed by atoms with Crippen molar-refractivity contribution in [3.05, 3.63) is 60.7 Å². The molecule has 118 valence electrons. The lowest BCUT2D eigenvalue weighted by Gasteiger charge is -2.14. The van der Waals surface area contributed by atoms with E-state index in [1.54, 1.807) is 43.6 Å². The molecule has 9 heteroatoms. The number of sulfonamides is 1. The molecule has 0 aliphatic heterocycles. The number of pyridine rings is 1. The molecule has 0 bridgehead atoms. The second kappa shape index (κ2) is 6.23. The van der Waals surface area contributed by atoms with E-state index in [1.807, 2.05) is 0 Å². The summed E-state index contributed by atoms with van der Waals surface area (Å²) in [7, 11) is -3.67. The predicted molar refractivity (Wildman–Crippen MR) is 82.1 cm³/mol. The summed E-state index contributed by atoms with van der Waals surface area (Å²) in [6, 6.07) is 9.56. The summed E-state index contributed by atoms with van der Waals surface area (Å²) in [6.45, 7) is 1.78. The van der Waals surface area contributed by atoms with Crippen LogP contribution >= 0.6 is 0 Å². The van der Waals surface area contributed by atoms with Crippen LogP contribution in [-0.2, 0) is 10.0 Å². The molecule has 0 saturated carbocycles. The topological polar surface area (TPSA) is 103 Å². The molecule has 3 rings (SSSR count). The molecular weight excluding hydrogens is 316 g/mol. The van der Waals surface area contributed by atoms with E-state index >= 15 is 0 Å². The maximum Gasteiger partial charge on any atom is 0.241 e. The zero-order valence-electron chi connectivity index (χ0n) is 12.2. The van der Waals surface area contributed by atoms with E-state index in [-0.39, 0.29) is 10.9 Å². The van der Waals surface area contributed by atoms with Gasteiger partial charge in [0.1, 0.15) is 6.33 Å². The summed E-state index contributed by atoms with van der Waals surface area (Å²) in [6.07, 6.45) is 4.65. The highest BCUT2D eigenvalue weighted by Gasteiger charge is 2.19. The average Bonchev–Trinajstić information content (AvgIpc) is 3.10. The Morgan fingerprint density at radius 3 is 2.65 bits per heavy atom. The third-order valence-electron chi connectivity index (χ3n) is 3.28. The van der Waals surface area contributed by atoms with Crippen LogP contribution in [0, 0.1) is 0 Å². The number of aromatic nitrogens is 5. The summed E-state index contributed by atoms with van der Waals surface area (Å²) in [4.78, 5) is 4.07. The SMILES string of the molecule is C[C@@H](NS(=O)(=O)c1cccc(-n2cnnn2)c1)c1ccncc1. The first kappa shape index (κ1) is 15.3. The lowest BCUT2D eigenvalue weighted by atomic mass is 10.1. The van der Waals surface area contributed by atoms with Gasteiger partial charge in [-0.15, -0.1) is 5.10 Å². The Morgan fingerprint density at radius 2 is 1.96 bits per heavy atom. The number of rotatable bonds is 5. The fourth-order valence-corrected chi connectivity index (χ4v) is 3.36. The number of hydrogen-bond donors (Lipinski definition) is 1. The molecule has 0 spiro atoms. The van der Waals surface area contributed by atoms with Crippen LogP contribution in [0.15, 0.2) is 60.0 Å². The van der Waals surface area contributed by atoms with Crippen molar-refractivity contribution in [3.8, 4) is 5.69 Å². The number of nitrogens with zero attached hydrogens (tertiary/aromatic N) is 5. The molecule has 0 amide bonds. The Bertz CT molecular complexity index is 881. The fraction of sp³-hybridized carbons (Fsp3) is 0.143. The normalized spacial score (nSPS) is 12.9. The highest BCUT2D eigenvalue weighted by atomic mass is 32.2. The van der Waals surface area contributed by atoms with Crippen LogP contribution in [0.5, 0.6) is 0 Å². The Labute approximate surface area is 133 Å². The Balaban J connectivity index is 1.87. The molecule has 1 atom stereocenters. The molecule has 0 aliphatic rings. The van der Waals surface area contributed by atoms with E-state index in [9.17, 15) is 8.42 Å². The van der Waals surface area contributed by atoms with Gasteiger partial charge in [-0.2, -0.15) is 0 Å². The van der Waals surface area contributed by atoms with Crippen molar-refractivity contribution < 1.29 is 8.42 Å². The number of tetrazole rings is 1. The Morgan fingerprint density at radius 1 is 1.17 bits per heavy atom. The Kier molecular flexibility index (Phi) is 4.13. The molecule has 23 heavy (non-hydrogen) atoms. The quantitative estimate of drug-likeness (QED) is 0.751. The molecule has 0 radical (unpaired) electrons. The summed E-state index contributed by atoms with van der Waals surface area (Å²) in [5.74, 6) is 0. The molecule has 0 saturated heterocycles. The molecule has 2 aromatic heterocycles.